The summed E-state index contributed by atoms with van der Waals surface area (Å²) in [5, 5.41) is 3.97. The molecule has 0 aromatic heterocycles. The highest BCUT2D eigenvalue weighted by atomic mass is 16.6. The van der Waals surface area contributed by atoms with Crippen molar-refractivity contribution in [3.05, 3.63) is 0 Å². The van der Waals surface area contributed by atoms with Crippen molar-refractivity contribution in [2.75, 3.05) is 19.6 Å². The molecule has 0 aliphatic heterocycles. The Morgan fingerprint density at radius 2 is 1.48 bits per heavy atom. The van der Waals surface area contributed by atoms with Crippen LogP contribution in [0.3, 0.4) is 0 Å². The standard InChI is InChI=1S/C14H29N3O4/c1-8-17(12(19)21-14(5,6)7)16-10-9-15-11(18)20-13(2,3)4/h16H,8-10H2,1-7H3,(H,15,18). The molecule has 7 heteroatoms. The van der Waals surface area contributed by atoms with Crippen molar-refractivity contribution in [1.82, 2.24) is 15.8 Å². The van der Waals surface area contributed by atoms with E-state index in [1.54, 1.807) is 20.8 Å². The molecule has 0 saturated heterocycles. The third kappa shape index (κ3) is 10.9. The van der Waals surface area contributed by atoms with E-state index in [4.69, 9.17) is 9.47 Å². The molecule has 124 valence electrons. The predicted molar refractivity (Wildman–Crippen MR) is 80.9 cm³/mol. The van der Waals surface area contributed by atoms with Crippen LogP contribution in [-0.4, -0.2) is 48.0 Å². The molecule has 2 N–H and O–H groups in total. The Hall–Kier alpha value is -1.50. The van der Waals surface area contributed by atoms with E-state index in [2.05, 4.69) is 10.7 Å². The third-order valence-corrected chi connectivity index (χ3v) is 2.03. The molecule has 0 aliphatic rings. The first-order valence-corrected chi connectivity index (χ1v) is 7.15. The van der Waals surface area contributed by atoms with Crippen LogP contribution >= 0.6 is 0 Å². The average Bonchev–Trinajstić information content (AvgIpc) is 2.23. The molecule has 0 rings (SSSR count). The van der Waals surface area contributed by atoms with Gasteiger partial charge in [-0.05, 0) is 48.5 Å². The van der Waals surface area contributed by atoms with Crippen LogP contribution in [0.25, 0.3) is 0 Å². The van der Waals surface area contributed by atoms with Crippen molar-refractivity contribution in [1.29, 1.82) is 0 Å². The molecule has 0 unspecified atom stereocenters. The molecule has 2 amide bonds. The van der Waals surface area contributed by atoms with E-state index in [0.717, 1.165) is 0 Å². The monoisotopic (exact) mass is 303 g/mol. The number of nitrogens with one attached hydrogen (secondary N) is 2. The zero-order valence-corrected chi connectivity index (χ0v) is 14.2. The predicted octanol–water partition coefficient (Wildman–Crippen LogP) is 2.27. The number of hydrogen-bond donors (Lipinski definition) is 2. The molecule has 0 heterocycles. The number of hydrazine groups is 1. The van der Waals surface area contributed by atoms with Crippen LogP contribution in [0.1, 0.15) is 48.5 Å². The molecule has 7 nitrogen and oxygen atoms in total. The maximum absolute atomic E-state index is 11.8. The normalized spacial score (nSPS) is 11.8. The van der Waals surface area contributed by atoms with Gasteiger partial charge < -0.3 is 14.8 Å². The number of carbonyl (C=O) groups is 2. The van der Waals surface area contributed by atoms with Gasteiger partial charge in [0, 0.05) is 19.6 Å². The molecular weight excluding hydrogens is 274 g/mol. The number of rotatable bonds is 5. The Balaban J connectivity index is 4.03. The van der Waals surface area contributed by atoms with Gasteiger partial charge in [0.15, 0.2) is 0 Å². The van der Waals surface area contributed by atoms with Crippen molar-refractivity contribution < 1.29 is 19.1 Å². The fourth-order valence-electron chi connectivity index (χ4n) is 1.29. The lowest BCUT2D eigenvalue weighted by Crippen LogP contribution is -2.48. The SMILES string of the molecule is CCN(NCCNC(=O)OC(C)(C)C)C(=O)OC(C)(C)C. The molecule has 0 radical (unpaired) electrons. The number of amides is 2. The molecule has 0 fully saturated rings. The van der Waals surface area contributed by atoms with Crippen LogP contribution in [0.4, 0.5) is 9.59 Å². The Morgan fingerprint density at radius 1 is 0.952 bits per heavy atom. The topological polar surface area (TPSA) is 79.9 Å². The molecular formula is C14H29N3O4. The minimum absolute atomic E-state index is 0.341. The zero-order chi connectivity index (χ0) is 16.7. The van der Waals surface area contributed by atoms with E-state index in [1.807, 2.05) is 27.7 Å². The summed E-state index contributed by atoms with van der Waals surface area (Å²) in [7, 11) is 0. The van der Waals surface area contributed by atoms with Gasteiger partial charge in [0.1, 0.15) is 11.2 Å². The number of alkyl carbamates (subject to hydrolysis) is 1. The lowest BCUT2D eigenvalue weighted by atomic mass is 10.2. The molecule has 0 bridgehead atoms. The van der Waals surface area contributed by atoms with Crippen molar-refractivity contribution >= 4 is 12.2 Å². The number of ether oxygens (including phenoxy) is 2. The molecule has 0 aromatic carbocycles. The van der Waals surface area contributed by atoms with E-state index in [0.29, 0.717) is 19.6 Å². The quantitative estimate of drug-likeness (QED) is 0.601. The highest BCUT2D eigenvalue weighted by molar-refractivity contribution is 5.68. The summed E-state index contributed by atoms with van der Waals surface area (Å²) in [5.41, 5.74) is 1.83. The number of hydrogen-bond acceptors (Lipinski definition) is 5. The van der Waals surface area contributed by atoms with Crippen LogP contribution in [0.15, 0.2) is 0 Å². The van der Waals surface area contributed by atoms with Crippen LogP contribution in [0, 0.1) is 0 Å². The summed E-state index contributed by atoms with van der Waals surface area (Å²) in [4.78, 5) is 23.3. The summed E-state index contributed by atoms with van der Waals surface area (Å²) in [6.07, 6.45) is -0.924. The van der Waals surface area contributed by atoms with Gasteiger partial charge in [0.25, 0.3) is 0 Å². The van der Waals surface area contributed by atoms with Crippen molar-refractivity contribution in [2.45, 2.75) is 59.7 Å². The first-order chi connectivity index (χ1) is 9.44. The van der Waals surface area contributed by atoms with E-state index in [1.165, 1.54) is 5.01 Å². The Kier molecular flexibility index (Phi) is 7.49. The molecule has 0 aromatic rings. The van der Waals surface area contributed by atoms with Crippen LogP contribution in [-0.2, 0) is 9.47 Å². The summed E-state index contributed by atoms with van der Waals surface area (Å²) >= 11 is 0. The van der Waals surface area contributed by atoms with Gasteiger partial charge in [-0.1, -0.05) is 0 Å². The molecule has 0 atom stereocenters. The van der Waals surface area contributed by atoms with Crippen LogP contribution in [0.2, 0.25) is 0 Å². The number of carbonyl (C=O) groups excluding carboxylic acids is 2. The Morgan fingerprint density at radius 3 is 1.90 bits per heavy atom. The van der Waals surface area contributed by atoms with Crippen molar-refractivity contribution in [3.63, 3.8) is 0 Å². The van der Waals surface area contributed by atoms with Gasteiger partial charge in [0.2, 0.25) is 0 Å². The maximum atomic E-state index is 11.8. The molecule has 21 heavy (non-hydrogen) atoms. The second-order valence-corrected chi connectivity index (χ2v) is 6.56. The zero-order valence-electron chi connectivity index (χ0n) is 14.2. The maximum Gasteiger partial charge on any atom is 0.424 e. The molecule has 0 aliphatic carbocycles. The lowest BCUT2D eigenvalue weighted by Gasteiger charge is -2.27. The Bertz CT molecular complexity index is 345. The summed E-state index contributed by atoms with van der Waals surface area (Å²) in [5.74, 6) is 0. The fourth-order valence-corrected chi connectivity index (χ4v) is 1.29. The van der Waals surface area contributed by atoms with E-state index >= 15 is 0 Å². The van der Waals surface area contributed by atoms with Gasteiger partial charge >= 0.3 is 12.2 Å². The summed E-state index contributed by atoms with van der Waals surface area (Å²) in [6, 6.07) is 0. The Labute approximate surface area is 127 Å². The number of nitrogens with zero attached hydrogens (tertiary/aromatic N) is 1. The van der Waals surface area contributed by atoms with E-state index in [9.17, 15) is 9.59 Å². The highest BCUT2D eigenvalue weighted by Crippen LogP contribution is 2.08. The van der Waals surface area contributed by atoms with Gasteiger partial charge in [-0.2, -0.15) is 0 Å². The van der Waals surface area contributed by atoms with Gasteiger partial charge in [-0.25, -0.2) is 20.0 Å². The fraction of sp³-hybridized carbons (Fsp3) is 0.857. The van der Waals surface area contributed by atoms with Crippen LogP contribution in [0.5, 0.6) is 0 Å². The van der Waals surface area contributed by atoms with Crippen LogP contribution < -0.4 is 10.7 Å². The first kappa shape index (κ1) is 19.5. The smallest absolute Gasteiger partial charge is 0.424 e. The second-order valence-electron chi connectivity index (χ2n) is 6.56. The first-order valence-electron chi connectivity index (χ1n) is 7.15. The van der Waals surface area contributed by atoms with Gasteiger partial charge in [0.05, 0.1) is 0 Å². The minimum Gasteiger partial charge on any atom is -0.444 e. The van der Waals surface area contributed by atoms with E-state index in [-0.39, 0.29) is 0 Å². The second kappa shape index (κ2) is 8.07. The minimum atomic E-state index is -0.541. The summed E-state index contributed by atoms with van der Waals surface area (Å²) < 4.78 is 10.3. The summed E-state index contributed by atoms with van der Waals surface area (Å²) in [6.45, 7) is 13.8. The lowest BCUT2D eigenvalue weighted by molar-refractivity contribution is 0.0151. The van der Waals surface area contributed by atoms with Crippen molar-refractivity contribution in [2.24, 2.45) is 0 Å². The largest absolute Gasteiger partial charge is 0.444 e. The average molecular weight is 303 g/mol. The molecule has 0 saturated carbocycles. The van der Waals surface area contributed by atoms with Gasteiger partial charge in [-0.3, -0.25) is 0 Å². The third-order valence-electron chi connectivity index (χ3n) is 2.03. The highest BCUT2D eigenvalue weighted by Gasteiger charge is 2.21. The van der Waals surface area contributed by atoms with E-state index < -0.39 is 23.4 Å². The van der Waals surface area contributed by atoms with Gasteiger partial charge in [-0.15, -0.1) is 0 Å². The van der Waals surface area contributed by atoms with Crippen molar-refractivity contribution in [3.8, 4) is 0 Å². The molecule has 0 spiro atoms.